The van der Waals surface area contributed by atoms with E-state index in [4.69, 9.17) is 5.11 Å². The lowest BCUT2D eigenvalue weighted by Crippen LogP contribution is -2.21. The van der Waals surface area contributed by atoms with Crippen LogP contribution in [0.25, 0.3) is 0 Å². The summed E-state index contributed by atoms with van der Waals surface area (Å²) in [6, 6.07) is 6.30. The normalized spacial score (nSPS) is 12.9. The molecule has 27 heavy (non-hydrogen) atoms. The van der Waals surface area contributed by atoms with Crippen molar-refractivity contribution in [3.05, 3.63) is 45.7 Å². The standard InChI is InChI=1S/C17H20N2O6S2/c1-17(2,3)11-4-6-13(7-5-11)27(24,25)10-14(20)18-16-19(23)12(9-26-16)8-15(21)22/h4-7,9,23H,8,10H2,1-3H3,(H,21,22). The summed E-state index contributed by atoms with van der Waals surface area (Å²) in [4.78, 5) is 26.1. The first-order valence-electron chi connectivity index (χ1n) is 7.91. The van der Waals surface area contributed by atoms with Gasteiger partial charge in [0.1, 0.15) is 5.75 Å². The molecule has 0 spiro atoms. The Labute approximate surface area is 160 Å². The molecule has 0 unspecified atom stereocenters. The second-order valence-electron chi connectivity index (χ2n) is 6.93. The number of nitrogens with zero attached hydrogens (tertiary/aromatic N) is 2. The van der Waals surface area contributed by atoms with Crippen LogP contribution in [-0.4, -0.2) is 41.1 Å². The van der Waals surface area contributed by atoms with Gasteiger partial charge in [-0.15, -0.1) is 11.3 Å². The predicted molar refractivity (Wildman–Crippen MR) is 98.6 cm³/mol. The molecule has 1 aromatic carbocycles. The van der Waals surface area contributed by atoms with Crippen molar-refractivity contribution in [2.45, 2.75) is 37.5 Å². The van der Waals surface area contributed by atoms with Gasteiger partial charge in [-0.1, -0.05) is 32.9 Å². The molecule has 10 heteroatoms. The highest BCUT2D eigenvalue weighted by Gasteiger charge is 2.21. The molecule has 1 aromatic heterocycles. The van der Waals surface area contributed by atoms with Crippen molar-refractivity contribution >= 4 is 33.1 Å². The third-order valence-corrected chi connectivity index (χ3v) is 6.18. The van der Waals surface area contributed by atoms with Gasteiger partial charge in [0.2, 0.25) is 4.80 Å². The summed E-state index contributed by atoms with van der Waals surface area (Å²) in [5.41, 5.74) is 0.873. The Balaban J connectivity index is 2.22. The first kappa shape index (κ1) is 20.8. The molecule has 0 saturated heterocycles. The topological polar surface area (TPSA) is 126 Å². The average molecular weight is 412 g/mol. The van der Waals surface area contributed by atoms with Crippen LogP contribution in [0.2, 0.25) is 0 Å². The van der Waals surface area contributed by atoms with E-state index >= 15 is 0 Å². The van der Waals surface area contributed by atoms with Crippen LogP contribution in [0.3, 0.4) is 0 Å². The van der Waals surface area contributed by atoms with E-state index in [1.807, 2.05) is 20.8 Å². The fraction of sp³-hybridized carbons (Fsp3) is 0.353. The number of hydrogen-bond donors (Lipinski definition) is 2. The zero-order valence-electron chi connectivity index (χ0n) is 15.0. The van der Waals surface area contributed by atoms with Crippen molar-refractivity contribution in [1.82, 2.24) is 4.73 Å². The number of carboxylic acid groups (broad SMARTS) is 1. The van der Waals surface area contributed by atoms with Crippen LogP contribution in [0.15, 0.2) is 39.5 Å². The van der Waals surface area contributed by atoms with Gasteiger partial charge in [-0.25, -0.2) is 8.42 Å². The molecular weight excluding hydrogens is 392 g/mol. The first-order chi connectivity index (χ1) is 12.4. The molecule has 0 aliphatic heterocycles. The number of thiazole rings is 1. The smallest absolute Gasteiger partial charge is 0.309 e. The highest BCUT2D eigenvalue weighted by Crippen LogP contribution is 2.23. The summed E-state index contributed by atoms with van der Waals surface area (Å²) < 4.78 is 25.3. The van der Waals surface area contributed by atoms with Crippen LogP contribution >= 0.6 is 11.3 Å². The van der Waals surface area contributed by atoms with Crippen LogP contribution < -0.4 is 4.80 Å². The quantitative estimate of drug-likeness (QED) is 0.719. The van der Waals surface area contributed by atoms with Gasteiger partial charge in [0, 0.05) is 5.38 Å². The molecule has 0 bridgehead atoms. The van der Waals surface area contributed by atoms with Crippen molar-refractivity contribution in [2.24, 2.45) is 4.99 Å². The SMILES string of the molecule is CC(C)(C)c1ccc(S(=O)(=O)CC(=O)N=c2scc(CC(=O)O)n2O)cc1. The maximum absolute atomic E-state index is 12.4. The maximum Gasteiger partial charge on any atom is 0.309 e. The summed E-state index contributed by atoms with van der Waals surface area (Å²) >= 11 is 0.840. The molecule has 8 nitrogen and oxygen atoms in total. The van der Waals surface area contributed by atoms with Gasteiger partial charge in [-0.3, -0.25) is 9.59 Å². The molecule has 1 amide bonds. The fourth-order valence-corrected chi connectivity index (χ4v) is 4.14. The predicted octanol–water partition coefficient (Wildman–Crippen LogP) is 1.61. The molecular formula is C17H20N2O6S2. The third-order valence-electron chi connectivity index (χ3n) is 3.70. The molecule has 1 heterocycles. The van der Waals surface area contributed by atoms with E-state index in [-0.39, 0.29) is 20.8 Å². The second kappa shape index (κ2) is 7.65. The van der Waals surface area contributed by atoms with Crippen molar-refractivity contribution in [2.75, 3.05) is 5.75 Å². The summed E-state index contributed by atoms with van der Waals surface area (Å²) in [6.45, 7) is 6.01. The minimum atomic E-state index is -3.89. The largest absolute Gasteiger partial charge is 0.481 e. The summed E-state index contributed by atoms with van der Waals surface area (Å²) in [7, 11) is -3.89. The van der Waals surface area contributed by atoms with Crippen molar-refractivity contribution in [1.29, 1.82) is 0 Å². The molecule has 2 aromatic rings. The number of carbonyl (C=O) groups excluding carboxylic acids is 1. The number of aliphatic carboxylic acids is 1. The number of benzene rings is 1. The van der Waals surface area contributed by atoms with E-state index in [1.54, 1.807) is 12.1 Å². The number of sulfone groups is 1. The molecule has 0 radical (unpaired) electrons. The Kier molecular flexibility index (Phi) is 5.91. The average Bonchev–Trinajstić information content (AvgIpc) is 2.86. The van der Waals surface area contributed by atoms with Crippen LogP contribution in [0, 0.1) is 0 Å². The Morgan fingerprint density at radius 1 is 1.19 bits per heavy atom. The Hall–Kier alpha value is -2.46. The monoisotopic (exact) mass is 412 g/mol. The minimum Gasteiger partial charge on any atom is -0.481 e. The fourth-order valence-electron chi connectivity index (χ4n) is 2.24. The van der Waals surface area contributed by atoms with Gasteiger partial charge >= 0.3 is 5.97 Å². The summed E-state index contributed by atoms with van der Waals surface area (Å²) in [5.74, 6) is -2.97. The Bertz CT molecular complexity index is 1020. The van der Waals surface area contributed by atoms with Crippen molar-refractivity contribution < 1.29 is 28.3 Å². The zero-order valence-corrected chi connectivity index (χ0v) is 16.7. The van der Waals surface area contributed by atoms with Gasteiger partial charge in [-0.05, 0) is 23.1 Å². The van der Waals surface area contributed by atoms with Crippen LogP contribution in [0.5, 0.6) is 0 Å². The number of carbonyl (C=O) groups is 2. The number of rotatable bonds is 5. The Morgan fingerprint density at radius 2 is 1.78 bits per heavy atom. The zero-order chi connectivity index (χ0) is 20.4. The van der Waals surface area contributed by atoms with E-state index in [2.05, 4.69) is 4.99 Å². The molecule has 0 aliphatic rings. The summed E-state index contributed by atoms with van der Waals surface area (Å²) in [5, 5.41) is 19.9. The lowest BCUT2D eigenvalue weighted by Gasteiger charge is -2.19. The molecule has 0 fully saturated rings. The minimum absolute atomic E-state index is 0.00803. The maximum atomic E-state index is 12.4. The van der Waals surface area contributed by atoms with Crippen LogP contribution in [-0.2, 0) is 31.3 Å². The lowest BCUT2D eigenvalue weighted by atomic mass is 9.87. The molecule has 2 N–H and O–H groups in total. The van der Waals surface area contributed by atoms with Crippen molar-refractivity contribution in [3.8, 4) is 0 Å². The number of aromatic nitrogens is 1. The molecule has 0 aliphatic carbocycles. The van der Waals surface area contributed by atoms with Gasteiger partial charge in [0.15, 0.2) is 9.84 Å². The molecule has 0 saturated carbocycles. The van der Waals surface area contributed by atoms with E-state index in [9.17, 15) is 23.2 Å². The first-order valence-corrected chi connectivity index (χ1v) is 10.4. The highest BCUT2D eigenvalue weighted by molar-refractivity contribution is 7.92. The number of carboxylic acids is 1. The van der Waals surface area contributed by atoms with Gasteiger partial charge in [0.25, 0.3) is 5.91 Å². The summed E-state index contributed by atoms with van der Waals surface area (Å²) in [6.07, 6.45) is -0.449. The van der Waals surface area contributed by atoms with Gasteiger partial charge in [0.05, 0.1) is 17.0 Å². The van der Waals surface area contributed by atoms with E-state index in [0.29, 0.717) is 4.73 Å². The molecule has 146 valence electrons. The lowest BCUT2D eigenvalue weighted by molar-refractivity contribution is -0.136. The van der Waals surface area contributed by atoms with Gasteiger partial charge in [-0.2, -0.15) is 9.72 Å². The van der Waals surface area contributed by atoms with Gasteiger partial charge < -0.3 is 10.3 Å². The van der Waals surface area contributed by atoms with Crippen LogP contribution in [0.4, 0.5) is 0 Å². The van der Waals surface area contributed by atoms with Crippen LogP contribution in [0.1, 0.15) is 32.0 Å². The van der Waals surface area contributed by atoms with Crippen molar-refractivity contribution in [3.63, 3.8) is 0 Å². The Morgan fingerprint density at radius 3 is 2.30 bits per heavy atom. The second-order valence-corrected chi connectivity index (χ2v) is 9.76. The highest BCUT2D eigenvalue weighted by atomic mass is 32.2. The third kappa shape index (κ3) is 5.27. The number of hydrogen-bond acceptors (Lipinski definition) is 6. The molecule has 0 atom stereocenters. The van der Waals surface area contributed by atoms with E-state index < -0.39 is 33.9 Å². The van der Waals surface area contributed by atoms with E-state index in [1.165, 1.54) is 17.5 Å². The molecule has 2 rings (SSSR count). The van der Waals surface area contributed by atoms with E-state index in [0.717, 1.165) is 16.9 Å². The number of amides is 1.